The van der Waals surface area contributed by atoms with Crippen molar-refractivity contribution in [3.63, 3.8) is 0 Å². The van der Waals surface area contributed by atoms with Gasteiger partial charge in [-0.05, 0) is 43.0 Å². The van der Waals surface area contributed by atoms with Gasteiger partial charge in [0, 0.05) is 57.6 Å². The van der Waals surface area contributed by atoms with Crippen molar-refractivity contribution in [2.75, 3.05) is 4.90 Å². The zero-order chi connectivity index (χ0) is 26.3. The topological polar surface area (TPSA) is 108 Å². The van der Waals surface area contributed by atoms with Gasteiger partial charge in [0.25, 0.3) is 5.69 Å². The number of nitro groups is 1. The van der Waals surface area contributed by atoms with E-state index in [4.69, 9.17) is 11.6 Å². The molecule has 0 bridgehead atoms. The predicted molar refractivity (Wildman–Crippen MR) is 144 cm³/mol. The Labute approximate surface area is 219 Å². The number of ketones is 1. The van der Waals surface area contributed by atoms with Gasteiger partial charge in [-0.2, -0.15) is 0 Å². The van der Waals surface area contributed by atoms with E-state index in [1.807, 2.05) is 25.1 Å². The Balaban J connectivity index is 1.81. The van der Waals surface area contributed by atoms with Crippen LogP contribution in [0.15, 0.2) is 89.6 Å². The molecule has 0 aromatic heterocycles. The number of non-ortho nitro benzene ring substituents is 1. The lowest BCUT2D eigenvalue weighted by Gasteiger charge is -2.42. The average molecular weight is 514 g/mol. The summed E-state index contributed by atoms with van der Waals surface area (Å²) in [4.78, 5) is 26.0. The fraction of sp³-hybridized carbons (Fsp3) is 0.172. The first-order valence-electron chi connectivity index (χ1n) is 11.9. The number of anilines is 1. The molecule has 0 radical (unpaired) electrons. The van der Waals surface area contributed by atoms with E-state index in [0.29, 0.717) is 52.4 Å². The summed E-state index contributed by atoms with van der Waals surface area (Å²) in [5, 5.41) is 32.7. The van der Waals surface area contributed by atoms with E-state index in [0.717, 1.165) is 5.56 Å². The molecule has 3 aromatic rings. The predicted octanol–water partition coefficient (Wildman–Crippen LogP) is 7.11. The highest BCUT2D eigenvalue weighted by atomic mass is 35.5. The Bertz CT molecular complexity index is 1490. The third kappa shape index (κ3) is 4.32. The van der Waals surface area contributed by atoms with Crippen molar-refractivity contribution >= 4 is 40.4 Å². The van der Waals surface area contributed by atoms with Gasteiger partial charge in [0.2, 0.25) is 0 Å². The largest absolute Gasteiger partial charge is 0.507 e. The van der Waals surface area contributed by atoms with Crippen LogP contribution in [0.4, 0.5) is 11.4 Å². The molecule has 8 heteroatoms. The number of amidine groups is 1. The second-order valence-corrected chi connectivity index (χ2v) is 9.57. The molecule has 3 aromatic carbocycles. The standard InChI is InChI=1S/C29H24ClN3O4/c1-17-10-13-21(16-22(17)30)32-23-8-5-9-24(34)26(23)25(18-11-14-20(15-12-18)33(36)37)27(29(32)31)28(35)19-6-3-2-4-7-19/h2-4,6-7,10-16,25,31,35H,5,8-9H2,1H3/t25-/m0/s1. The van der Waals surface area contributed by atoms with Crippen LogP contribution < -0.4 is 4.90 Å². The van der Waals surface area contributed by atoms with Gasteiger partial charge in [-0.15, -0.1) is 0 Å². The third-order valence-electron chi connectivity index (χ3n) is 6.91. The number of aliphatic hydroxyl groups is 1. The minimum atomic E-state index is -0.756. The van der Waals surface area contributed by atoms with Crippen molar-refractivity contribution in [3.05, 3.63) is 121 Å². The molecule has 0 amide bonds. The number of halogens is 1. The monoisotopic (exact) mass is 513 g/mol. The maximum absolute atomic E-state index is 13.5. The fourth-order valence-electron chi connectivity index (χ4n) is 5.07. The molecule has 1 heterocycles. The Morgan fingerprint density at radius 2 is 1.78 bits per heavy atom. The lowest BCUT2D eigenvalue weighted by Crippen LogP contribution is -2.42. The fourth-order valence-corrected chi connectivity index (χ4v) is 5.25. The van der Waals surface area contributed by atoms with E-state index >= 15 is 0 Å². The highest BCUT2D eigenvalue weighted by Crippen LogP contribution is 2.48. The number of nitrogens with zero attached hydrogens (tertiary/aromatic N) is 2. The minimum absolute atomic E-state index is 0.0260. The molecule has 2 N–H and O–H groups in total. The number of aliphatic hydroxyl groups excluding tert-OH is 1. The van der Waals surface area contributed by atoms with Crippen molar-refractivity contribution in [1.82, 2.24) is 0 Å². The van der Waals surface area contributed by atoms with Gasteiger partial charge in [0.1, 0.15) is 11.6 Å². The van der Waals surface area contributed by atoms with Crippen LogP contribution in [0.2, 0.25) is 5.02 Å². The number of hydrogen-bond acceptors (Lipinski definition) is 5. The highest BCUT2D eigenvalue weighted by Gasteiger charge is 2.43. The van der Waals surface area contributed by atoms with Crippen LogP contribution in [-0.4, -0.2) is 21.6 Å². The molecule has 1 aliphatic carbocycles. The summed E-state index contributed by atoms with van der Waals surface area (Å²) in [6.45, 7) is 1.89. The summed E-state index contributed by atoms with van der Waals surface area (Å²) in [7, 11) is 0. The first-order chi connectivity index (χ1) is 17.8. The minimum Gasteiger partial charge on any atom is -0.507 e. The number of carbonyl (C=O) groups is 1. The van der Waals surface area contributed by atoms with E-state index in [9.17, 15) is 25.4 Å². The molecule has 1 atom stereocenters. The van der Waals surface area contributed by atoms with E-state index in [1.54, 1.807) is 47.4 Å². The number of rotatable bonds is 4. The van der Waals surface area contributed by atoms with Gasteiger partial charge in [0.05, 0.1) is 4.92 Å². The number of benzene rings is 3. The third-order valence-corrected chi connectivity index (χ3v) is 7.32. The maximum Gasteiger partial charge on any atom is 0.269 e. The zero-order valence-corrected chi connectivity index (χ0v) is 20.8. The van der Waals surface area contributed by atoms with Gasteiger partial charge in [0.15, 0.2) is 5.78 Å². The number of aryl methyl sites for hydroxylation is 1. The number of hydrogen-bond donors (Lipinski definition) is 2. The summed E-state index contributed by atoms with van der Waals surface area (Å²) in [5.41, 5.74) is 3.97. The van der Waals surface area contributed by atoms with Gasteiger partial charge in [-0.25, -0.2) is 0 Å². The first-order valence-corrected chi connectivity index (χ1v) is 12.3. The van der Waals surface area contributed by atoms with Crippen LogP contribution in [-0.2, 0) is 4.79 Å². The Kier molecular flexibility index (Phi) is 6.39. The van der Waals surface area contributed by atoms with Gasteiger partial charge < -0.3 is 5.11 Å². The molecule has 7 nitrogen and oxygen atoms in total. The number of Topliss-reactive ketones (excluding diaryl/α,β-unsaturated/α-hetero) is 1. The number of carbonyl (C=O) groups excluding carboxylic acids is 1. The summed E-state index contributed by atoms with van der Waals surface area (Å²) in [5.74, 6) is -0.924. The summed E-state index contributed by atoms with van der Waals surface area (Å²) in [6.07, 6.45) is 1.55. The van der Waals surface area contributed by atoms with E-state index in [-0.39, 0.29) is 28.6 Å². The molecule has 0 saturated carbocycles. The quantitative estimate of drug-likeness (QED) is 0.219. The van der Waals surface area contributed by atoms with Crippen LogP contribution in [0.1, 0.15) is 41.9 Å². The van der Waals surface area contributed by atoms with Crippen LogP contribution in [0, 0.1) is 22.4 Å². The van der Waals surface area contributed by atoms with Gasteiger partial charge in [-0.3, -0.25) is 25.2 Å². The molecule has 0 spiro atoms. The average Bonchev–Trinajstić information content (AvgIpc) is 2.90. The van der Waals surface area contributed by atoms with Crippen LogP contribution in [0.3, 0.4) is 0 Å². The molecule has 186 valence electrons. The van der Waals surface area contributed by atoms with Crippen molar-refractivity contribution in [3.8, 4) is 0 Å². The first kappa shape index (κ1) is 24.5. The van der Waals surface area contributed by atoms with Crippen LogP contribution in [0.25, 0.3) is 5.76 Å². The second-order valence-electron chi connectivity index (χ2n) is 9.16. The second kappa shape index (κ2) is 9.67. The van der Waals surface area contributed by atoms with Gasteiger partial charge in [-0.1, -0.05) is 60.1 Å². The Morgan fingerprint density at radius 3 is 2.43 bits per heavy atom. The molecular formula is C29H24ClN3O4. The lowest BCUT2D eigenvalue weighted by atomic mass is 9.73. The molecule has 0 saturated heterocycles. The van der Waals surface area contributed by atoms with Crippen molar-refractivity contribution in [2.45, 2.75) is 32.1 Å². The smallest absolute Gasteiger partial charge is 0.269 e. The van der Waals surface area contributed by atoms with Crippen molar-refractivity contribution in [2.24, 2.45) is 0 Å². The van der Waals surface area contributed by atoms with Crippen LogP contribution in [0.5, 0.6) is 0 Å². The Hall–Kier alpha value is -4.23. The zero-order valence-electron chi connectivity index (χ0n) is 20.1. The van der Waals surface area contributed by atoms with Gasteiger partial charge >= 0.3 is 0 Å². The molecule has 1 aliphatic heterocycles. The van der Waals surface area contributed by atoms with Crippen LogP contribution >= 0.6 is 11.6 Å². The number of nitro benzene ring substituents is 1. The van der Waals surface area contributed by atoms with E-state index < -0.39 is 10.8 Å². The highest BCUT2D eigenvalue weighted by molar-refractivity contribution is 6.32. The van der Waals surface area contributed by atoms with Crippen molar-refractivity contribution in [1.29, 1.82) is 5.41 Å². The molecule has 0 unspecified atom stereocenters. The normalized spacial score (nSPS) is 19.1. The lowest BCUT2D eigenvalue weighted by molar-refractivity contribution is -0.384. The SMILES string of the molecule is Cc1ccc(N2C(=N)C(=C(O)c3ccccc3)[C@@H](c3ccc([N+](=O)[O-])cc3)C3=C2CCCC3=O)cc1Cl. The summed E-state index contributed by atoms with van der Waals surface area (Å²) in [6, 6.07) is 20.3. The molecule has 0 fully saturated rings. The summed E-state index contributed by atoms with van der Waals surface area (Å²) < 4.78 is 0. The maximum atomic E-state index is 13.5. The number of allylic oxidation sites excluding steroid dienone is 2. The van der Waals surface area contributed by atoms with E-state index in [2.05, 4.69) is 0 Å². The van der Waals surface area contributed by atoms with E-state index in [1.165, 1.54) is 12.1 Å². The number of nitrogens with one attached hydrogen (secondary N) is 1. The molecule has 37 heavy (non-hydrogen) atoms. The molecule has 2 aliphatic rings. The Morgan fingerprint density at radius 1 is 1.08 bits per heavy atom. The summed E-state index contributed by atoms with van der Waals surface area (Å²) >= 11 is 6.45. The molecular weight excluding hydrogens is 490 g/mol. The molecule has 5 rings (SSSR count). The van der Waals surface area contributed by atoms with Crippen molar-refractivity contribution < 1.29 is 14.8 Å².